The van der Waals surface area contributed by atoms with Gasteiger partial charge in [-0.2, -0.15) is 5.26 Å². The molecule has 2 unspecified atom stereocenters. The number of hydrogen-bond donors (Lipinski definition) is 1. The second-order valence-electron chi connectivity index (χ2n) is 4.86. The highest BCUT2D eigenvalue weighted by atomic mass is 16.5. The van der Waals surface area contributed by atoms with Crippen molar-refractivity contribution in [1.29, 1.82) is 5.26 Å². The first-order valence-electron chi connectivity index (χ1n) is 6.45. The van der Waals surface area contributed by atoms with Crippen LogP contribution in [0.1, 0.15) is 32.3 Å². The summed E-state index contributed by atoms with van der Waals surface area (Å²) in [5.74, 6) is 0.508. The van der Waals surface area contributed by atoms with Crippen LogP contribution in [-0.4, -0.2) is 13.2 Å². The summed E-state index contributed by atoms with van der Waals surface area (Å²) in [5.41, 5.74) is 5.85. The van der Waals surface area contributed by atoms with Gasteiger partial charge in [-0.25, -0.2) is 0 Å². The predicted octanol–water partition coefficient (Wildman–Crippen LogP) is 2.82. The number of benzene rings is 1. The molecule has 0 heterocycles. The molecule has 0 aliphatic heterocycles. The minimum absolute atomic E-state index is 0.238. The van der Waals surface area contributed by atoms with Crippen LogP contribution >= 0.6 is 0 Å². The van der Waals surface area contributed by atoms with E-state index >= 15 is 0 Å². The van der Waals surface area contributed by atoms with Crippen molar-refractivity contribution in [2.45, 2.75) is 32.2 Å². The van der Waals surface area contributed by atoms with E-state index in [9.17, 15) is 5.26 Å². The molecule has 0 bridgehead atoms. The molecule has 3 heteroatoms. The van der Waals surface area contributed by atoms with Gasteiger partial charge >= 0.3 is 0 Å². The SMILES string of the molecule is CCCC(C)COCC(N)(C#N)c1ccccc1. The van der Waals surface area contributed by atoms with Crippen molar-refractivity contribution in [3.63, 3.8) is 0 Å². The average molecular weight is 246 g/mol. The fourth-order valence-corrected chi connectivity index (χ4v) is 1.91. The molecule has 0 aliphatic rings. The molecular formula is C15H22N2O. The summed E-state index contributed by atoms with van der Waals surface area (Å²) in [4.78, 5) is 0. The summed E-state index contributed by atoms with van der Waals surface area (Å²) in [5, 5.41) is 9.25. The zero-order chi connectivity index (χ0) is 13.4. The third-order valence-corrected chi connectivity index (χ3v) is 3.00. The van der Waals surface area contributed by atoms with Gasteiger partial charge in [-0.15, -0.1) is 0 Å². The standard InChI is InChI=1S/C15H22N2O/c1-3-7-13(2)10-18-12-15(17,11-16)14-8-5-4-6-9-14/h4-6,8-9,13H,3,7,10,12,17H2,1-2H3. The van der Waals surface area contributed by atoms with Gasteiger partial charge in [0.05, 0.1) is 12.7 Å². The molecule has 1 rings (SSSR count). The lowest BCUT2D eigenvalue weighted by atomic mass is 9.93. The first kappa shape index (κ1) is 14.7. The summed E-state index contributed by atoms with van der Waals surface area (Å²) in [6, 6.07) is 11.6. The third kappa shape index (κ3) is 4.14. The van der Waals surface area contributed by atoms with E-state index in [-0.39, 0.29) is 6.61 Å². The Morgan fingerprint density at radius 1 is 1.39 bits per heavy atom. The quantitative estimate of drug-likeness (QED) is 0.804. The summed E-state index contributed by atoms with van der Waals surface area (Å²) in [6.45, 7) is 5.20. The van der Waals surface area contributed by atoms with Crippen molar-refractivity contribution in [1.82, 2.24) is 0 Å². The van der Waals surface area contributed by atoms with Crippen molar-refractivity contribution < 1.29 is 4.74 Å². The van der Waals surface area contributed by atoms with Gasteiger partial charge < -0.3 is 10.5 Å². The maximum atomic E-state index is 9.25. The van der Waals surface area contributed by atoms with Gasteiger partial charge in [-0.1, -0.05) is 50.6 Å². The van der Waals surface area contributed by atoms with Crippen LogP contribution in [0.4, 0.5) is 0 Å². The van der Waals surface area contributed by atoms with Crippen molar-refractivity contribution in [3.8, 4) is 6.07 Å². The Hall–Kier alpha value is -1.37. The molecule has 0 amide bonds. The molecule has 18 heavy (non-hydrogen) atoms. The topological polar surface area (TPSA) is 59.0 Å². The monoisotopic (exact) mass is 246 g/mol. The number of ether oxygens (including phenoxy) is 1. The van der Waals surface area contributed by atoms with E-state index < -0.39 is 5.54 Å². The van der Waals surface area contributed by atoms with E-state index in [2.05, 4.69) is 19.9 Å². The molecule has 2 N–H and O–H groups in total. The Bertz CT molecular complexity index is 385. The van der Waals surface area contributed by atoms with Crippen molar-refractivity contribution >= 4 is 0 Å². The van der Waals surface area contributed by atoms with E-state index in [1.807, 2.05) is 30.3 Å². The summed E-state index contributed by atoms with van der Waals surface area (Å²) in [6.07, 6.45) is 2.28. The fraction of sp³-hybridized carbons (Fsp3) is 0.533. The maximum Gasteiger partial charge on any atom is 0.153 e. The second-order valence-corrected chi connectivity index (χ2v) is 4.86. The van der Waals surface area contributed by atoms with Crippen molar-refractivity contribution in [2.75, 3.05) is 13.2 Å². The van der Waals surface area contributed by atoms with E-state index in [0.29, 0.717) is 12.5 Å². The van der Waals surface area contributed by atoms with Gasteiger partial charge in [0.25, 0.3) is 0 Å². The molecule has 0 saturated carbocycles. The van der Waals surface area contributed by atoms with Crippen LogP contribution in [0.2, 0.25) is 0 Å². The molecule has 0 aliphatic carbocycles. The maximum absolute atomic E-state index is 9.25. The Morgan fingerprint density at radius 2 is 2.06 bits per heavy atom. The van der Waals surface area contributed by atoms with Crippen LogP contribution in [0.15, 0.2) is 30.3 Å². The number of hydrogen-bond acceptors (Lipinski definition) is 3. The first-order valence-corrected chi connectivity index (χ1v) is 6.45. The number of nitriles is 1. The van der Waals surface area contributed by atoms with Gasteiger partial charge in [-0.05, 0) is 17.9 Å². The minimum Gasteiger partial charge on any atom is -0.378 e. The molecule has 0 aromatic heterocycles. The van der Waals surface area contributed by atoms with Gasteiger partial charge in [0.1, 0.15) is 0 Å². The van der Waals surface area contributed by atoms with Gasteiger partial charge in [-0.3, -0.25) is 0 Å². The Kier molecular flexibility index (Phi) is 5.84. The van der Waals surface area contributed by atoms with Gasteiger partial charge in [0, 0.05) is 6.61 Å². The van der Waals surface area contributed by atoms with Crippen LogP contribution in [-0.2, 0) is 10.3 Å². The summed E-state index contributed by atoms with van der Waals surface area (Å²) >= 11 is 0. The van der Waals surface area contributed by atoms with E-state index in [0.717, 1.165) is 18.4 Å². The third-order valence-electron chi connectivity index (χ3n) is 3.00. The van der Waals surface area contributed by atoms with Crippen LogP contribution < -0.4 is 5.73 Å². The zero-order valence-corrected chi connectivity index (χ0v) is 11.2. The predicted molar refractivity (Wildman–Crippen MR) is 72.8 cm³/mol. The van der Waals surface area contributed by atoms with Crippen LogP contribution in [0.5, 0.6) is 0 Å². The lowest BCUT2D eigenvalue weighted by Gasteiger charge is -2.23. The Morgan fingerprint density at radius 3 is 2.61 bits per heavy atom. The first-order chi connectivity index (χ1) is 8.62. The van der Waals surface area contributed by atoms with E-state index in [4.69, 9.17) is 10.5 Å². The highest BCUT2D eigenvalue weighted by Gasteiger charge is 2.27. The van der Waals surface area contributed by atoms with Crippen LogP contribution in [0, 0.1) is 17.2 Å². The van der Waals surface area contributed by atoms with E-state index in [1.54, 1.807) is 0 Å². The van der Waals surface area contributed by atoms with Gasteiger partial charge in [0.2, 0.25) is 0 Å². The average Bonchev–Trinajstić information content (AvgIpc) is 2.40. The zero-order valence-electron chi connectivity index (χ0n) is 11.2. The summed E-state index contributed by atoms with van der Waals surface area (Å²) < 4.78 is 5.61. The smallest absolute Gasteiger partial charge is 0.153 e. The molecule has 0 spiro atoms. The Labute approximate surface area is 110 Å². The molecule has 2 atom stereocenters. The highest BCUT2D eigenvalue weighted by molar-refractivity contribution is 5.30. The molecule has 1 aromatic carbocycles. The number of rotatable bonds is 7. The fourth-order valence-electron chi connectivity index (χ4n) is 1.91. The van der Waals surface area contributed by atoms with Crippen LogP contribution in [0.3, 0.4) is 0 Å². The molecular weight excluding hydrogens is 224 g/mol. The molecule has 0 radical (unpaired) electrons. The molecule has 0 fully saturated rings. The largest absolute Gasteiger partial charge is 0.378 e. The minimum atomic E-state index is -1.05. The van der Waals surface area contributed by atoms with Crippen molar-refractivity contribution in [2.24, 2.45) is 11.7 Å². The second kappa shape index (κ2) is 7.15. The Balaban J connectivity index is 2.55. The summed E-state index contributed by atoms with van der Waals surface area (Å²) in [7, 11) is 0. The molecule has 1 aromatic rings. The van der Waals surface area contributed by atoms with Crippen LogP contribution in [0.25, 0.3) is 0 Å². The lowest BCUT2D eigenvalue weighted by Crippen LogP contribution is -2.40. The molecule has 0 saturated heterocycles. The van der Waals surface area contributed by atoms with Crippen molar-refractivity contribution in [3.05, 3.63) is 35.9 Å². The number of nitrogens with two attached hydrogens (primary N) is 1. The van der Waals surface area contributed by atoms with E-state index in [1.165, 1.54) is 0 Å². The molecule has 98 valence electrons. The molecule has 3 nitrogen and oxygen atoms in total. The highest BCUT2D eigenvalue weighted by Crippen LogP contribution is 2.18. The van der Waals surface area contributed by atoms with Gasteiger partial charge in [0.15, 0.2) is 5.54 Å². The normalized spacial score (nSPS) is 15.7. The lowest BCUT2D eigenvalue weighted by molar-refractivity contribution is 0.0755. The number of nitrogens with zero attached hydrogens (tertiary/aromatic N) is 1.